The van der Waals surface area contributed by atoms with Crippen molar-refractivity contribution in [3.8, 4) is 17.1 Å². The van der Waals surface area contributed by atoms with Gasteiger partial charge in [-0.1, -0.05) is 48.0 Å². The number of aryl methyl sites for hydroxylation is 1. The third-order valence-electron chi connectivity index (χ3n) is 4.74. The Bertz CT molecular complexity index is 1130. The number of nitrogens with one attached hydrogen (secondary N) is 1. The summed E-state index contributed by atoms with van der Waals surface area (Å²) < 4.78 is 3.62. The molecule has 0 bridgehead atoms. The summed E-state index contributed by atoms with van der Waals surface area (Å²) in [5, 5.41) is 8.29. The van der Waals surface area contributed by atoms with Crippen molar-refractivity contribution in [2.75, 3.05) is 6.54 Å². The minimum absolute atomic E-state index is 0.172. The van der Waals surface area contributed by atoms with E-state index in [0.29, 0.717) is 17.3 Å². The van der Waals surface area contributed by atoms with Crippen LogP contribution in [0.25, 0.3) is 17.1 Å². The van der Waals surface area contributed by atoms with Crippen molar-refractivity contribution in [1.82, 2.24) is 19.7 Å². The van der Waals surface area contributed by atoms with Crippen LogP contribution in [0.5, 0.6) is 0 Å². The molecule has 5 nitrogen and oxygen atoms in total. The Morgan fingerprint density at radius 1 is 1.03 bits per heavy atom. The van der Waals surface area contributed by atoms with E-state index in [2.05, 4.69) is 22.5 Å². The van der Waals surface area contributed by atoms with Crippen LogP contribution in [-0.4, -0.2) is 26.8 Å². The fourth-order valence-electron chi connectivity index (χ4n) is 3.26. The molecular weight excluding hydrogens is 384 g/mol. The van der Waals surface area contributed by atoms with E-state index in [0.717, 1.165) is 23.5 Å². The highest BCUT2D eigenvalue weighted by molar-refractivity contribution is 6.30. The quantitative estimate of drug-likeness (QED) is 0.514. The largest absolute Gasteiger partial charge is 0.350 e. The van der Waals surface area contributed by atoms with Crippen LogP contribution < -0.4 is 5.32 Å². The molecule has 0 spiro atoms. The Hall–Kier alpha value is -3.31. The van der Waals surface area contributed by atoms with Crippen LogP contribution in [0.15, 0.2) is 79.0 Å². The molecule has 1 N–H and O–H groups in total. The van der Waals surface area contributed by atoms with Gasteiger partial charge < -0.3 is 9.88 Å². The van der Waals surface area contributed by atoms with Crippen molar-refractivity contribution in [1.29, 1.82) is 0 Å². The van der Waals surface area contributed by atoms with E-state index in [4.69, 9.17) is 11.6 Å². The molecule has 4 rings (SSSR count). The molecule has 0 radical (unpaired) electrons. The van der Waals surface area contributed by atoms with Crippen LogP contribution >= 0.6 is 11.6 Å². The van der Waals surface area contributed by atoms with E-state index in [9.17, 15) is 4.79 Å². The van der Waals surface area contributed by atoms with Gasteiger partial charge in [0.1, 0.15) is 11.4 Å². The maximum absolute atomic E-state index is 13.0. The Labute approximate surface area is 174 Å². The first-order chi connectivity index (χ1) is 14.1. The number of halogens is 1. The molecule has 0 aliphatic carbocycles. The molecule has 4 aromatic rings. The van der Waals surface area contributed by atoms with Gasteiger partial charge in [0.25, 0.3) is 5.91 Å². The van der Waals surface area contributed by atoms with E-state index in [1.807, 2.05) is 66.3 Å². The van der Waals surface area contributed by atoms with Crippen LogP contribution in [0, 0.1) is 0 Å². The first kappa shape index (κ1) is 19.0. The highest BCUT2D eigenvalue weighted by Crippen LogP contribution is 2.23. The smallest absolute Gasteiger partial charge is 0.270 e. The SMILES string of the molecule is Cn1cccc1-c1cc(C(=O)NCCc2ccccc2)n(-c2cccc(Cl)c2)n1. The van der Waals surface area contributed by atoms with E-state index >= 15 is 0 Å². The Balaban J connectivity index is 1.62. The predicted molar refractivity (Wildman–Crippen MR) is 115 cm³/mol. The van der Waals surface area contributed by atoms with Crippen molar-refractivity contribution in [2.24, 2.45) is 7.05 Å². The van der Waals surface area contributed by atoms with Crippen LogP contribution in [-0.2, 0) is 13.5 Å². The number of rotatable bonds is 6. The molecule has 146 valence electrons. The molecule has 0 fully saturated rings. The van der Waals surface area contributed by atoms with Crippen LogP contribution in [0.4, 0.5) is 0 Å². The molecule has 2 aromatic heterocycles. The lowest BCUT2D eigenvalue weighted by atomic mass is 10.1. The van der Waals surface area contributed by atoms with Crippen LogP contribution in [0.2, 0.25) is 5.02 Å². The van der Waals surface area contributed by atoms with E-state index in [1.54, 1.807) is 16.8 Å². The number of hydrogen-bond donors (Lipinski definition) is 1. The summed E-state index contributed by atoms with van der Waals surface area (Å²) in [4.78, 5) is 13.0. The van der Waals surface area contributed by atoms with Gasteiger partial charge >= 0.3 is 0 Å². The maximum atomic E-state index is 13.0. The lowest BCUT2D eigenvalue weighted by Gasteiger charge is -2.09. The number of benzene rings is 2. The third-order valence-corrected chi connectivity index (χ3v) is 4.98. The number of nitrogens with zero attached hydrogens (tertiary/aromatic N) is 3. The summed E-state index contributed by atoms with van der Waals surface area (Å²) in [5.74, 6) is -0.172. The van der Waals surface area contributed by atoms with Gasteiger partial charge in [-0.2, -0.15) is 5.10 Å². The van der Waals surface area contributed by atoms with Gasteiger partial charge in [0, 0.05) is 24.8 Å². The zero-order valence-electron chi connectivity index (χ0n) is 16.0. The molecule has 0 saturated heterocycles. The normalized spacial score (nSPS) is 10.8. The lowest BCUT2D eigenvalue weighted by molar-refractivity contribution is 0.0946. The topological polar surface area (TPSA) is 51.9 Å². The monoisotopic (exact) mass is 404 g/mol. The van der Waals surface area contributed by atoms with E-state index in [1.165, 1.54) is 5.56 Å². The van der Waals surface area contributed by atoms with E-state index in [-0.39, 0.29) is 5.91 Å². The van der Waals surface area contributed by atoms with Crippen molar-refractivity contribution >= 4 is 17.5 Å². The number of amides is 1. The minimum Gasteiger partial charge on any atom is -0.350 e. The van der Waals surface area contributed by atoms with Crippen molar-refractivity contribution in [3.05, 3.63) is 95.3 Å². The fourth-order valence-corrected chi connectivity index (χ4v) is 3.44. The Kier molecular flexibility index (Phi) is 5.49. The molecule has 6 heteroatoms. The molecule has 2 aromatic carbocycles. The summed E-state index contributed by atoms with van der Waals surface area (Å²) in [6, 6.07) is 23.1. The zero-order chi connectivity index (χ0) is 20.2. The van der Waals surface area contributed by atoms with Gasteiger partial charge in [-0.25, -0.2) is 4.68 Å². The lowest BCUT2D eigenvalue weighted by Crippen LogP contribution is -2.27. The summed E-state index contributed by atoms with van der Waals surface area (Å²) in [7, 11) is 1.95. The average Bonchev–Trinajstić information content (AvgIpc) is 3.35. The minimum atomic E-state index is -0.172. The number of aromatic nitrogens is 3. The van der Waals surface area contributed by atoms with Crippen LogP contribution in [0.3, 0.4) is 0 Å². The summed E-state index contributed by atoms with van der Waals surface area (Å²) in [5.41, 5.74) is 4.05. The van der Waals surface area contributed by atoms with Crippen molar-refractivity contribution < 1.29 is 4.79 Å². The van der Waals surface area contributed by atoms with Crippen molar-refractivity contribution in [3.63, 3.8) is 0 Å². The first-order valence-electron chi connectivity index (χ1n) is 9.41. The molecule has 0 saturated carbocycles. The maximum Gasteiger partial charge on any atom is 0.270 e. The van der Waals surface area contributed by atoms with Crippen molar-refractivity contribution in [2.45, 2.75) is 6.42 Å². The highest BCUT2D eigenvalue weighted by Gasteiger charge is 2.18. The standard InChI is InChI=1S/C23H21ClN4O/c1-27-14-6-11-21(27)20-16-22(28(26-20)19-10-5-9-18(24)15-19)23(29)25-13-12-17-7-3-2-4-8-17/h2-11,14-16H,12-13H2,1H3,(H,25,29). The zero-order valence-corrected chi connectivity index (χ0v) is 16.8. The van der Waals surface area contributed by atoms with Gasteiger partial charge in [-0.15, -0.1) is 0 Å². The molecule has 0 aliphatic rings. The molecule has 0 aliphatic heterocycles. The van der Waals surface area contributed by atoms with Gasteiger partial charge in [-0.05, 0) is 48.4 Å². The average molecular weight is 405 g/mol. The molecule has 0 unspecified atom stereocenters. The predicted octanol–water partition coefficient (Wildman–Crippen LogP) is 4.50. The summed E-state index contributed by atoms with van der Waals surface area (Å²) in [6.45, 7) is 0.545. The molecular formula is C23H21ClN4O. The Morgan fingerprint density at radius 2 is 1.86 bits per heavy atom. The third kappa shape index (κ3) is 4.25. The van der Waals surface area contributed by atoms with Gasteiger partial charge in [-0.3, -0.25) is 4.79 Å². The molecule has 2 heterocycles. The second-order valence-electron chi connectivity index (χ2n) is 6.80. The molecule has 29 heavy (non-hydrogen) atoms. The van der Waals surface area contributed by atoms with Gasteiger partial charge in [0.15, 0.2) is 0 Å². The van der Waals surface area contributed by atoms with E-state index < -0.39 is 0 Å². The van der Waals surface area contributed by atoms with Gasteiger partial charge in [0.05, 0.1) is 11.4 Å². The Morgan fingerprint density at radius 3 is 2.59 bits per heavy atom. The number of carbonyl (C=O) groups excluding carboxylic acids is 1. The number of carbonyl (C=O) groups is 1. The second-order valence-corrected chi connectivity index (χ2v) is 7.24. The van der Waals surface area contributed by atoms with Crippen LogP contribution in [0.1, 0.15) is 16.1 Å². The second kappa shape index (κ2) is 8.37. The summed E-state index contributed by atoms with van der Waals surface area (Å²) in [6.07, 6.45) is 2.72. The number of hydrogen-bond acceptors (Lipinski definition) is 2. The highest BCUT2D eigenvalue weighted by atomic mass is 35.5. The first-order valence-corrected chi connectivity index (χ1v) is 9.79. The fraction of sp³-hybridized carbons (Fsp3) is 0.130. The van der Waals surface area contributed by atoms with Gasteiger partial charge in [0.2, 0.25) is 0 Å². The molecule has 1 amide bonds. The summed E-state index contributed by atoms with van der Waals surface area (Å²) >= 11 is 6.16. The molecule has 0 atom stereocenters.